The van der Waals surface area contributed by atoms with Gasteiger partial charge in [0.05, 0.1) is 6.20 Å². The van der Waals surface area contributed by atoms with E-state index in [0.29, 0.717) is 11.9 Å². The average molecular weight is 255 g/mol. The van der Waals surface area contributed by atoms with Gasteiger partial charge in [-0.3, -0.25) is 0 Å². The van der Waals surface area contributed by atoms with Crippen LogP contribution in [0.3, 0.4) is 0 Å². The van der Waals surface area contributed by atoms with E-state index in [1.54, 1.807) is 0 Å². The van der Waals surface area contributed by atoms with Gasteiger partial charge >= 0.3 is 6.01 Å². The van der Waals surface area contributed by atoms with Crippen molar-refractivity contribution in [2.24, 2.45) is 7.05 Å². The summed E-state index contributed by atoms with van der Waals surface area (Å²) in [5.41, 5.74) is 2.23. The maximum Gasteiger partial charge on any atom is 0.301 e. The van der Waals surface area contributed by atoms with Crippen LogP contribution in [-0.4, -0.2) is 14.5 Å². The molecule has 0 spiro atoms. The molecule has 0 atom stereocenters. The number of aromatic nitrogens is 3. The summed E-state index contributed by atoms with van der Waals surface area (Å²) in [6, 6.07) is 8.64. The first-order valence-corrected chi connectivity index (χ1v) is 6.42. The lowest BCUT2D eigenvalue weighted by atomic mass is 10.1. The number of ether oxygens (including phenoxy) is 1. The molecule has 0 bridgehead atoms. The van der Waals surface area contributed by atoms with Gasteiger partial charge in [-0.05, 0) is 29.5 Å². The second kappa shape index (κ2) is 4.46. The van der Waals surface area contributed by atoms with E-state index in [1.165, 1.54) is 5.39 Å². The zero-order valence-electron chi connectivity index (χ0n) is 11.3. The van der Waals surface area contributed by atoms with Gasteiger partial charge in [0.25, 0.3) is 0 Å². The molecule has 1 N–H and O–H groups in total. The molecule has 3 rings (SSSR count). The van der Waals surface area contributed by atoms with E-state index in [2.05, 4.69) is 23.8 Å². The van der Waals surface area contributed by atoms with Crippen molar-refractivity contribution in [3.05, 3.63) is 42.4 Å². The number of hydrogen-bond acceptors (Lipinski definition) is 2. The SMILES string of the molecule is CC(C)c1cnc(Oc2ccc3cc[nH]c3c2)n1C. The third-order valence-corrected chi connectivity index (χ3v) is 3.31. The first kappa shape index (κ1) is 11.8. The summed E-state index contributed by atoms with van der Waals surface area (Å²) in [7, 11) is 1.98. The zero-order valence-corrected chi connectivity index (χ0v) is 11.3. The maximum atomic E-state index is 5.85. The summed E-state index contributed by atoms with van der Waals surface area (Å²) in [4.78, 5) is 7.51. The van der Waals surface area contributed by atoms with Crippen molar-refractivity contribution in [3.8, 4) is 11.8 Å². The summed E-state index contributed by atoms with van der Waals surface area (Å²) in [6.07, 6.45) is 3.79. The molecule has 0 aliphatic carbocycles. The molecule has 0 fully saturated rings. The average Bonchev–Trinajstić information content (AvgIpc) is 2.96. The molecule has 0 amide bonds. The molecule has 3 aromatic rings. The number of fused-ring (bicyclic) bond motifs is 1. The minimum absolute atomic E-state index is 0.431. The van der Waals surface area contributed by atoms with Crippen molar-refractivity contribution in [2.45, 2.75) is 19.8 Å². The van der Waals surface area contributed by atoms with Crippen LogP contribution in [0.4, 0.5) is 0 Å². The van der Waals surface area contributed by atoms with Gasteiger partial charge in [0.2, 0.25) is 0 Å². The van der Waals surface area contributed by atoms with Crippen LogP contribution in [0.5, 0.6) is 11.8 Å². The molecule has 0 aliphatic rings. The third kappa shape index (κ3) is 2.10. The Kier molecular flexibility index (Phi) is 2.78. The highest BCUT2D eigenvalue weighted by Gasteiger charge is 2.11. The van der Waals surface area contributed by atoms with Crippen molar-refractivity contribution in [2.75, 3.05) is 0 Å². The van der Waals surface area contributed by atoms with Crippen LogP contribution in [0.1, 0.15) is 25.5 Å². The van der Waals surface area contributed by atoms with E-state index in [0.717, 1.165) is 17.0 Å². The maximum absolute atomic E-state index is 5.85. The van der Waals surface area contributed by atoms with Crippen LogP contribution >= 0.6 is 0 Å². The van der Waals surface area contributed by atoms with Gasteiger partial charge in [-0.15, -0.1) is 0 Å². The van der Waals surface area contributed by atoms with Gasteiger partial charge in [0.15, 0.2) is 0 Å². The van der Waals surface area contributed by atoms with E-state index < -0.39 is 0 Å². The first-order valence-electron chi connectivity index (χ1n) is 6.42. The quantitative estimate of drug-likeness (QED) is 0.773. The summed E-state index contributed by atoms with van der Waals surface area (Å²) in [5.74, 6) is 1.22. The van der Waals surface area contributed by atoms with Crippen molar-refractivity contribution in [3.63, 3.8) is 0 Å². The summed E-state index contributed by atoms with van der Waals surface area (Å²) >= 11 is 0. The highest BCUT2D eigenvalue weighted by atomic mass is 16.5. The van der Waals surface area contributed by atoms with Gasteiger partial charge in [-0.1, -0.05) is 13.8 Å². The Bertz CT molecular complexity index is 709. The third-order valence-electron chi connectivity index (χ3n) is 3.31. The fourth-order valence-electron chi connectivity index (χ4n) is 2.23. The zero-order chi connectivity index (χ0) is 13.4. The molecule has 19 heavy (non-hydrogen) atoms. The van der Waals surface area contributed by atoms with Crippen molar-refractivity contribution < 1.29 is 4.74 Å². The molecule has 0 saturated carbocycles. The number of benzene rings is 1. The summed E-state index contributed by atoms with van der Waals surface area (Å²) in [5, 5.41) is 1.18. The van der Waals surface area contributed by atoms with Crippen molar-refractivity contribution in [1.29, 1.82) is 0 Å². The highest BCUT2D eigenvalue weighted by Crippen LogP contribution is 2.26. The van der Waals surface area contributed by atoms with Crippen LogP contribution < -0.4 is 4.74 Å². The normalized spacial score (nSPS) is 11.4. The van der Waals surface area contributed by atoms with E-state index in [1.807, 2.05) is 48.3 Å². The number of nitrogens with one attached hydrogen (secondary N) is 1. The predicted octanol–water partition coefficient (Wildman–Crippen LogP) is 3.82. The Hall–Kier alpha value is -2.23. The van der Waals surface area contributed by atoms with E-state index >= 15 is 0 Å². The Labute approximate surface area is 112 Å². The predicted molar refractivity (Wildman–Crippen MR) is 75.7 cm³/mol. The Balaban J connectivity index is 1.92. The molecule has 1 aromatic carbocycles. The van der Waals surface area contributed by atoms with Gasteiger partial charge in [-0.25, -0.2) is 4.98 Å². The van der Waals surface area contributed by atoms with Crippen LogP contribution in [-0.2, 0) is 7.05 Å². The van der Waals surface area contributed by atoms with Gasteiger partial charge < -0.3 is 14.3 Å². The fraction of sp³-hybridized carbons (Fsp3) is 0.267. The summed E-state index contributed by atoms with van der Waals surface area (Å²) < 4.78 is 7.84. The minimum Gasteiger partial charge on any atom is -0.425 e. The summed E-state index contributed by atoms with van der Waals surface area (Å²) in [6.45, 7) is 4.29. The second-order valence-corrected chi connectivity index (χ2v) is 5.01. The largest absolute Gasteiger partial charge is 0.425 e. The van der Waals surface area contributed by atoms with Gasteiger partial charge in [-0.2, -0.15) is 0 Å². The Morgan fingerprint density at radius 2 is 2.11 bits per heavy atom. The molecule has 2 aromatic heterocycles. The molecular weight excluding hydrogens is 238 g/mol. The van der Waals surface area contributed by atoms with Crippen LogP contribution in [0.15, 0.2) is 36.7 Å². The number of rotatable bonds is 3. The molecule has 4 nitrogen and oxygen atoms in total. The highest BCUT2D eigenvalue weighted by molar-refractivity contribution is 5.80. The van der Waals surface area contributed by atoms with E-state index in [4.69, 9.17) is 4.74 Å². The van der Waals surface area contributed by atoms with Crippen LogP contribution in [0, 0.1) is 0 Å². The van der Waals surface area contributed by atoms with E-state index in [-0.39, 0.29) is 0 Å². The number of hydrogen-bond donors (Lipinski definition) is 1. The van der Waals surface area contributed by atoms with Crippen molar-refractivity contribution in [1.82, 2.24) is 14.5 Å². The lowest BCUT2D eigenvalue weighted by Gasteiger charge is -2.09. The Morgan fingerprint density at radius 3 is 2.84 bits per heavy atom. The molecule has 4 heteroatoms. The molecular formula is C15H17N3O. The molecule has 0 aliphatic heterocycles. The number of aromatic amines is 1. The first-order chi connectivity index (χ1) is 9.15. The van der Waals surface area contributed by atoms with Crippen molar-refractivity contribution >= 4 is 10.9 Å². The van der Waals surface area contributed by atoms with Gasteiger partial charge in [0, 0.05) is 30.5 Å². The molecule has 0 radical (unpaired) electrons. The molecule has 2 heterocycles. The fourth-order valence-corrected chi connectivity index (χ4v) is 2.23. The number of nitrogens with zero attached hydrogens (tertiary/aromatic N) is 2. The minimum atomic E-state index is 0.431. The van der Waals surface area contributed by atoms with E-state index in [9.17, 15) is 0 Å². The smallest absolute Gasteiger partial charge is 0.301 e. The molecule has 98 valence electrons. The lowest BCUT2D eigenvalue weighted by molar-refractivity contribution is 0.421. The second-order valence-electron chi connectivity index (χ2n) is 5.01. The lowest BCUT2D eigenvalue weighted by Crippen LogP contribution is -2.00. The Morgan fingerprint density at radius 1 is 1.26 bits per heavy atom. The monoisotopic (exact) mass is 255 g/mol. The number of H-pyrrole nitrogens is 1. The van der Waals surface area contributed by atoms with Crippen LogP contribution in [0.2, 0.25) is 0 Å². The molecule has 0 unspecified atom stereocenters. The standard InChI is InChI=1S/C15H17N3O/c1-10(2)14-9-17-15(18(14)3)19-12-5-4-11-6-7-16-13(11)8-12/h4-10,16H,1-3H3. The van der Waals surface area contributed by atoms with Gasteiger partial charge in [0.1, 0.15) is 5.75 Å². The van der Waals surface area contributed by atoms with Crippen LogP contribution in [0.25, 0.3) is 10.9 Å². The number of imidazole rings is 1. The topological polar surface area (TPSA) is 42.8 Å². The molecule has 0 saturated heterocycles.